The molecule has 0 spiro atoms. The molecular weight excluding hydrogens is 250 g/mol. The molecule has 2 N–H and O–H groups in total. The van der Waals surface area contributed by atoms with Crippen LogP contribution in [0.4, 0.5) is 0 Å². The lowest BCUT2D eigenvalue weighted by Crippen LogP contribution is -2.50. The van der Waals surface area contributed by atoms with E-state index in [9.17, 15) is 0 Å². The minimum atomic E-state index is 0.457. The summed E-state index contributed by atoms with van der Waals surface area (Å²) < 4.78 is 6.35. The van der Waals surface area contributed by atoms with E-state index >= 15 is 0 Å². The molecule has 0 heterocycles. The number of hydrogen-bond acceptors (Lipinski definition) is 3. The summed E-state index contributed by atoms with van der Waals surface area (Å²) in [4.78, 5) is 4.65. The van der Waals surface area contributed by atoms with Gasteiger partial charge in [-0.1, -0.05) is 12.1 Å². The maximum absolute atomic E-state index is 6.35. The van der Waals surface area contributed by atoms with Gasteiger partial charge in [0.15, 0.2) is 0 Å². The zero-order valence-corrected chi connectivity index (χ0v) is 11.8. The normalized spacial score (nSPS) is 38.1. The van der Waals surface area contributed by atoms with Crippen LogP contribution in [-0.4, -0.2) is 6.10 Å². The summed E-state index contributed by atoms with van der Waals surface area (Å²) in [7, 11) is 0. The fourth-order valence-electron chi connectivity index (χ4n) is 4.99. The first-order valence-corrected chi connectivity index (χ1v) is 7.89. The zero-order chi connectivity index (χ0) is 13.5. The van der Waals surface area contributed by atoms with Crippen molar-refractivity contribution in [2.24, 2.45) is 29.6 Å². The van der Waals surface area contributed by atoms with Crippen molar-refractivity contribution in [3.63, 3.8) is 0 Å². The third-order valence-corrected chi connectivity index (χ3v) is 5.59. The van der Waals surface area contributed by atoms with Crippen LogP contribution >= 0.6 is 0 Å². The first-order chi connectivity index (χ1) is 9.81. The lowest BCUT2D eigenvalue weighted by molar-refractivity contribution is -0.0789. The molecule has 0 atom stereocenters. The minimum Gasteiger partial charge on any atom is -0.490 e. The summed E-state index contributed by atoms with van der Waals surface area (Å²) in [5.41, 5.74) is 1.09. The minimum absolute atomic E-state index is 0.457. The Morgan fingerprint density at radius 3 is 2.05 bits per heavy atom. The summed E-state index contributed by atoms with van der Waals surface area (Å²) in [6.07, 6.45) is 7.55. The largest absolute Gasteiger partial charge is 0.490 e. The lowest BCUT2D eigenvalue weighted by atomic mass is 9.55. The second-order valence-electron chi connectivity index (χ2n) is 6.97. The van der Waals surface area contributed by atoms with Crippen molar-refractivity contribution in [1.82, 2.24) is 0 Å². The van der Waals surface area contributed by atoms with Crippen LogP contribution in [0.25, 0.3) is 0 Å². The van der Waals surface area contributed by atoms with Gasteiger partial charge >= 0.3 is 0 Å². The van der Waals surface area contributed by atoms with E-state index in [0.29, 0.717) is 12.7 Å². The molecule has 0 radical (unpaired) electrons. The van der Waals surface area contributed by atoms with Crippen molar-refractivity contribution in [2.45, 2.75) is 44.8 Å². The van der Waals surface area contributed by atoms with E-state index in [-0.39, 0.29) is 0 Å². The van der Waals surface area contributed by atoms with Crippen LogP contribution in [0.2, 0.25) is 0 Å². The summed E-state index contributed by atoms with van der Waals surface area (Å²) in [5.74, 6) is 9.71. The molecule has 4 fully saturated rings. The quantitative estimate of drug-likeness (QED) is 0.856. The van der Waals surface area contributed by atoms with Crippen LogP contribution in [0.5, 0.6) is 5.75 Å². The zero-order valence-electron chi connectivity index (χ0n) is 11.8. The van der Waals surface area contributed by atoms with Gasteiger partial charge in [-0.15, -0.1) is 0 Å². The van der Waals surface area contributed by atoms with Gasteiger partial charge in [-0.05, 0) is 73.5 Å². The first-order valence-electron chi connectivity index (χ1n) is 7.89. The smallest absolute Gasteiger partial charge is 0.119 e. The molecule has 3 heteroatoms. The highest BCUT2D eigenvalue weighted by atomic mass is 16.6. The number of ether oxygens (including phenoxy) is 1. The summed E-state index contributed by atoms with van der Waals surface area (Å²) in [5, 5.41) is 0. The third-order valence-electron chi connectivity index (χ3n) is 5.59. The van der Waals surface area contributed by atoms with Gasteiger partial charge in [-0.25, -0.2) is 5.90 Å². The van der Waals surface area contributed by atoms with Crippen LogP contribution in [0.3, 0.4) is 0 Å². The van der Waals surface area contributed by atoms with Crippen LogP contribution in [0.1, 0.15) is 37.7 Å². The first kappa shape index (κ1) is 12.7. The standard InChI is InChI=1S/C17H23NO2/c18-19-10-11-1-3-16(4-2-11)20-17-14-6-12-5-13(8-14)9-15(17)7-12/h1-4,12-15,17H,5-10,18H2. The molecule has 0 saturated heterocycles. The maximum atomic E-state index is 6.35. The topological polar surface area (TPSA) is 44.5 Å². The van der Waals surface area contributed by atoms with Crippen LogP contribution in [0.15, 0.2) is 24.3 Å². The van der Waals surface area contributed by atoms with Crippen LogP contribution in [-0.2, 0) is 11.4 Å². The van der Waals surface area contributed by atoms with E-state index in [0.717, 1.165) is 35.0 Å². The summed E-state index contributed by atoms with van der Waals surface area (Å²) in [6, 6.07) is 8.19. The molecular formula is C17H23NO2. The molecule has 4 bridgehead atoms. The second kappa shape index (κ2) is 5.05. The predicted molar refractivity (Wildman–Crippen MR) is 76.9 cm³/mol. The number of nitrogens with two attached hydrogens (primary N) is 1. The Balaban J connectivity index is 1.46. The van der Waals surface area contributed by atoms with Gasteiger partial charge in [0.25, 0.3) is 0 Å². The molecule has 4 saturated carbocycles. The van der Waals surface area contributed by atoms with Gasteiger partial charge in [-0.2, -0.15) is 0 Å². The summed E-state index contributed by atoms with van der Waals surface area (Å²) >= 11 is 0. The van der Waals surface area contributed by atoms with Gasteiger partial charge in [0.2, 0.25) is 0 Å². The highest BCUT2D eigenvalue weighted by molar-refractivity contribution is 5.27. The molecule has 0 amide bonds. The van der Waals surface area contributed by atoms with Gasteiger partial charge in [0.05, 0.1) is 6.61 Å². The van der Waals surface area contributed by atoms with E-state index in [1.54, 1.807) is 0 Å². The van der Waals surface area contributed by atoms with E-state index in [1.165, 1.54) is 32.1 Å². The fourth-order valence-corrected chi connectivity index (χ4v) is 4.99. The summed E-state index contributed by atoms with van der Waals surface area (Å²) in [6.45, 7) is 0.457. The van der Waals surface area contributed by atoms with E-state index in [4.69, 9.17) is 10.6 Å². The lowest BCUT2D eigenvalue weighted by Gasteiger charge is -2.53. The third kappa shape index (κ3) is 2.23. The fraction of sp³-hybridized carbons (Fsp3) is 0.647. The van der Waals surface area contributed by atoms with Gasteiger partial charge < -0.3 is 4.74 Å². The van der Waals surface area contributed by atoms with Crippen LogP contribution < -0.4 is 10.6 Å². The molecule has 3 nitrogen and oxygen atoms in total. The van der Waals surface area contributed by atoms with Crippen molar-refractivity contribution >= 4 is 0 Å². The average Bonchev–Trinajstić information content (AvgIpc) is 2.44. The monoisotopic (exact) mass is 273 g/mol. The van der Waals surface area contributed by atoms with Gasteiger partial charge in [0.1, 0.15) is 11.9 Å². The van der Waals surface area contributed by atoms with Gasteiger partial charge in [0, 0.05) is 0 Å². The highest BCUT2D eigenvalue weighted by Gasteiger charge is 2.49. The number of rotatable bonds is 4. The van der Waals surface area contributed by atoms with Crippen molar-refractivity contribution in [3.05, 3.63) is 29.8 Å². The van der Waals surface area contributed by atoms with Gasteiger partial charge in [-0.3, -0.25) is 4.84 Å². The Morgan fingerprint density at radius 1 is 0.900 bits per heavy atom. The van der Waals surface area contributed by atoms with Crippen molar-refractivity contribution < 1.29 is 9.57 Å². The molecule has 108 valence electrons. The molecule has 5 rings (SSSR count). The Bertz CT molecular complexity index is 442. The van der Waals surface area contributed by atoms with Crippen molar-refractivity contribution in [1.29, 1.82) is 0 Å². The highest BCUT2D eigenvalue weighted by Crippen LogP contribution is 2.54. The predicted octanol–water partition coefficient (Wildman–Crippen LogP) is 3.28. The Labute approximate surface area is 120 Å². The van der Waals surface area contributed by atoms with Crippen molar-refractivity contribution in [2.75, 3.05) is 0 Å². The molecule has 1 aromatic carbocycles. The average molecular weight is 273 g/mol. The Kier molecular flexibility index (Phi) is 3.20. The maximum Gasteiger partial charge on any atom is 0.119 e. The second-order valence-corrected chi connectivity index (χ2v) is 6.97. The van der Waals surface area contributed by atoms with Crippen molar-refractivity contribution in [3.8, 4) is 5.75 Å². The molecule has 4 aliphatic rings. The molecule has 0 unspecified atom stereocenters. The Hall–Kier alpha value is -1.06. The molecule has 1 aromatic rings. The Morgan fingerprint density at radius 2 is 1.50 bits per heavy atom. The molecule has 4 aliphatic carbocycles. The molecule has 20 heavy (non-hydrogen) atoms. The SMILES string of the molecule is NOCc1ccc(OC2C3CC4CC(C3)CC2C4)cc1. The molecule has 0 aromatic heterocycles. The van der Waals surface area contributed by atoms with Crippen LogP contribution in [0, 0.1) is 23.7 Å². The van der Waals surface area contributed by atoms with E-state index in [1.807, 2.05) is 12.1 Å². The number of hydrogen-bond donors (Lipinski definition) is 1. The molecule has 0 aliphatic heterocycles. The number of benzene rings is 1. The van der Waals surface area contributed by atoms with E-state index in [2.05, 4.69) is 17.0 Å². The van der Waals surface area contributed by atoms with E-state index < -0.39 is 0 Å².